The van der Waals surface area contributed by atoms with Crippen LogP contribution in [0.15, 0.2) is 0 Å². The van der Waals surface area contributed by atoms with Gasteiger partial charge < -0.3 is 10.0 Å². The number of carbonyl (C=O) groups is 2. The fourth-order valence-corrected chi connectivity index (χ4v) is 1.94. The number of nitrogens with zero attached hydrogens (tertiary/aromatic N) is 2. The Labute approximate surface area is 89.7 Å². The van der Waals surface area contributed by atoms with E-state index < -0.39 is 5.97 Å². The summed E-state index contributed by atoms with van der Waals surface area (Å²) >= 11 is 0. The minimum Gasteiger partial charge on any atom is -0.480 e. The predicted octanol–water partition coefficient (Wildman–Crippen LogP) is 0.0137. The summed E-state index contributed by atoms with van der Waals surface area (Å²) in [6.45, 7) is 3.09. The van der Waals surface area contributed by atoms with Crippen molar-refractivity contribution < 1.29 is 14.7 Å². The van der Waals surface area contributed by atoms with Gasteiger partial charge in [-0.05, 0) is 19.4 Å². The molecule has 0 bridgehead atoms. The first-order chi connectivity index (χ1) is 7.00. The van der Waals surface area contributed by atoms with Crippen LogP contribution in [0, 0.1) is 0 Å². The lowest BCUT2D eigenvalue weighted by atomic mass is 10.0. The van der Waals surface area contributed by atoms with Crippen LogP contribution < -0.4 is 0 Å². The van der Waals surface area contributed by atoms with Crippen molar-refractivity contribution in [1.82, 2.24) is 9.80 Å². The molecule has 0 saturated carbocycles. The highest BCUT2D eigenvalue weighted by Crippen LogP contribution is 2.14. The molecule has 1 rings (SSSR count). The molecular formula is C10H18N2O3. The second-order valence-electron chi connectivity index (χ2n) is 4.05. The smallest absolute Gasteiger partial charge is 0.317 e. The number of likely N-dealkylation sites (N-methyl/N-ethyl adjacent to an activating group) is 1. The number of likely N-dealkylation sites (tertiary alicyclic amines) is 1. The molecule has 5 nitrogen and oxygen atoms in total. The number of rotatable bonds is 3. The molecule has 1 aliphatic heterocycles. The van der Waals surface area contributed by atoms with Crippen molar-refractivity contribution in [2.24, 2.45) is 0 Å². The summed E-state index contributed by atoms with van der Waals surface area (Å²) < 4.78 is 0. The molecule has 1 atom stereocenters. The first kappa shape index (κ1) is 12.0. The van der Waals surface area contributed by atoms with E-state index in [4.69, 9.17) is 5.11 Å². The Hall–Kier alpha value is -1.10. The van der Waals surface area contributed by atoms with E-state index in [0.29, 0.717) is 6.54 Å². The molecule has 1 saturated heterocycles. The van der Waals surface area contributed by atoms with E-state index in [1.54, 1.807) is 11.9 Å². The first-order valence-electron chi connectivity index (χ1n) is 5.18. The van der Waals surface area contributed by atoms with E-state index in [1.807, 2.05) is 4.90 Å². The van der Waals surface area contributed by atoms with E-state index in [2.05, 4.69) is 0 Å². The van der Waals surface area contributed by atoms with Crippen molar-refractivity contribution >= 4 is 11.9 Å². The summed E-state index contributed by atoms with van der Waals surface area (Å²) in [6.07, 6.45) is 1.92. The Bertz CT molecular complexity index is 255. The fourth-order valence-electron chi connectivity index (χ4n) is 1.94. The fraction of sp³-hybridized carbons (Fsp3) is 0.800. The lowest BCUT2D eigenvalue weighted by Gasteiger charge is -2.36. The van der Waals surface area contributed by atoms with Crippen molar-refractivity contribution in [3.8, 4) is 0 Å². The van der Waals surface area contributed by atoms with Crippen LogP contribution in [0.1, 0.15) is 19.8 Å². The number of carbonyl (C=O) groups excluding carboxylic acids is 1. The van der Waals surface area contributed by atoms with Crippen molar-refractivity contribution in [1.29, 1.82) is 0 Å². The second kappa shape index (κ2) is 5.11. The Morgan fingerprint density at radius 1 is 1.53 bits per heavy atom. The Morgan fingerprint density at radius 2 is 2.20 bits per heavy atom. The first-order valence-corrected chi connectivity index (χ1v) is 5.18. The van der Waals surface area contributed by atoms with E-state index in [1.165, 1.54) is 6.92 Å². The molecule has 5 heteroatoms. The molecule has 15 heavy (non-hydrogen) atoms. The van der Waals surface area contributed by atoms with Crippen LogP contribution in [0.5, 0.6) is 0 Å². The van der Waals surface area contributed by atoms with Crippen molar-refractivity contribution in [3.63, 3.8) is 0 Å². The van der Waals surface area contributed by atoms with Gasteiger partial charge in [-0.3, -0.25) is 14.5 Å². The van der Waals surface area contributed by atoms with Gasteiger partial charge in [-0.25, -0.2) is 0 Å². The molecule has 1 aliphatic rings. The number of aliphatic carboxylic acids is 1. The lowest BCUT2D eigenvalue weighted by Crippen LogP contribution is -2.49. The zero-order valence-corrected chi connectivity index (χ0v) is 9.27. The highest BCUT2D eigenvalue weighted by Gasteiger charge is 2.25. The van der Waals surface area contributed by atoms with Crippen LogP contribution in [0.4, 0.5) is 0 Å². The van der Waals surface area contributed by atoms with Gasteiger partial charge in [0.2, 0.25) is 5.91 Å². The number of hydrogen-bond donors (Lipinski definition) is 1. The number of hydrogen-bond acceptors (Lipinski definition) is 3. The zero-order chi connectivity index (χ0) is 11.4. The van der Waals surface area contributed by atoms with E-state index in [9.17, 15) is 9.59 Å². The van der Waals surface area contributed by atoms with Crippen LogP contribution in [-0.2, 0) is 9.59 Å². The van der Waals surface area contributed by atoms with Gasteiger partial charge in [-0.2, -0.15) is 0 Å². The molecule has 1 fully saturated rings. The van der Waals surface area contributed by atoms with Crippen molar-refractivity contribution in [2.45, 2.75) is 25.8 Å². The maximum absolute atomic E-state index is 11.2. The van der Waals surface area contributed by atoms with Gasteiger partial charge in [0, 0.05) is 26.6 Å². The summed E-state index contributed by atoms with van der Waals surface area (Å²) in [6, 6.07) is 0.163. The monoisotopic (exact) mass is 214 g/mol. The molecule has 0 aliphatic carbocycles. The summed E-state index contributed by atoms with van der Waals surface area (Å²) in [4.78, 5) is 25.3. The molecule has 0 spiro atoms. The van der Waals surface area contributed by atoms with Gasteiger partial charge in [-0.1, -0.05) is 0 Å². The third-order valence-electron chi connectivity index (χ3n) is 2.88. The maximum atomic E-state index is 11.2. The molecule has 0 aromatic rings. The average Bonchev–Trinajstić information content (AvgIpc) is 2.16. The summed E-state index contributed by atoms with van der Waals surface area (Å²) in [5, 5.41) is 8.68. The molecule has 1 amide bonds. The van der Waals surface area contributed by atoms with Gasteiger partial charge in [0.1, 0.15) is 0 Å². The summed E-state index contributed by atoms with van der Waals surface area (Å²) in [5.41, 5.74) is 0. The van der Waals surface area contributed by atoms with Crippen molar-refractivity contribution in [3.05, 3.63) is 0 Å². The summed E-state index contributed by atoms with van der Waals surface area (Å²) in [7, 11) is 1.78. The molecule has 0 radical (unpaired) electrons. The Balaban J connectivity index is 2.48. The molecule has 1 N–H and O–H groups in total. The van der Waals surface area contributed by atoms with Crippen LogP contribution >= 0.6 is 0 Å². The molecule has 0 aromatic heterocycles. The highest BCUT2D eigenvalue weighted by molar-refractivity contribution is 5.73. The molecule has 0 aromatic carbocycles. The average molecular weight is 214 g/mol. The standard InChI is InChI=1S/C10H18N2O3/c1-8(13)11(2)9-4-3-5-12(6-9)7-10(14)15/h9H,3-7H2,1-2H3,(H,14,15). The van der Waals surface area contributed by atoms with Gasteiger partial charge >= 0.3 is 5.97 Å². The Kier molecular flexibility index (Phi) is 4.08. The number of piperidine rings is 1. The second-order valence-corrected chi connectivity index (χ2v) is 4.05. The normalized spacial score (nSPS) is 22.4. The molecule has 1 heterocycles. The number of amides is 1. The van der Waals surface area contributed by atoms with Crippen LogP contribution in [0.25, 0.3) is 0 Å². The molecule has 1 unspecified atom stereocenters. The van der Waals surface area contributed by atoms with Crippen LogP contribution in [0.2, 0.25) is 0 Å². The molecule has 86 valence electrons. The summed E-state index contributed by atoms with van der Waals surface area (Å²) in [5.74, 6) is -0.765. The third-order valence-corrected chi connectivity index (χ3v) is 2.88. The van der Waals surface area contributed by atoms with Crippen LogP contribution in [0.3, 0.4) is 0 Å². The quantitative estimate of drug-likeness (QED) is 0.719. The Morgan fingerprint density at radius 3 is 2.73 bits per heavy atom. The number of carboxylic acid groups (broad SMARTS) is 1. The SMILES string of the molecule is CC(=O)N(C)C1CCCN(CC(=O)O)C1. The largest absolute Gasteiger partial charge is 0.480 e. The third kappa shape index (κ3) is 3.51. The van der Waals surface area contributed by atoms with Crippen LogP contribution in [-0.4, -0.2) is 59.5 Å². The van der Waals surface area contributed by atoms with E-state index in [0.717, 1.165) is 19.4 Å². The highest BCUT2D eigenvalue weighted by atomic mass is 16.4. The van der Waals surface area contributed by atoms with Gasteiger partial charge in [0.25, 0.3) is 0 Å². The zero-order valence-electron chi connectivity index (χ0n) is 9.27. The van der Waals surface area contributed by atoms with E-state index >= 15 is 0 Å². The predicted molar refractivity (Wildman–Crippen MR) is 55.5 cm³/mol. The van der Waals surface area contributed by atoms with Gasteiger partial charge in [-0.15, -0.1) is 0 Å². The van der Waals surface area contributed by atoms with Gasteiger partial charge in [0.05, 0.1) is 6.54 Å². The molecular weight excluding hydrogens is 196 g/mol. The minimum atomic E-state index is -0.805. The number of carboxylic acids is 1. The minimum absolute atomic E-state index is 0.0391. The maximum Gasteiger partial charge on any atom is 0.317 e. The lowest BCUT2D eigenvalue weighted by molar-refractivity contribution is -0.139. The van der Waals surface area contributed by atoms with Gasteiger partial charge in [0.15, 0.2) is 0 Å². The topological polar surface area (TPSA) is 60.9 Å². The van der Waals surface area contributed by atoms with Crippen molar-refractivity contribution in [2.75, 3.05) is 26.7 Å². The van der Waals surface area contributed by atoms with E-state index in [-0.39, 0.29) is 18.5 Å².